The Morgan fingerprint density at radius 3 is 2.42 bits per heavy atom. The first-order valence-electron chi connectivity index (χ1n) is 7.28. The lowest BCUT2D eigenvalue weighted by atomic mass is 9.99. The number of ketones is 1. The normalized spacial score (nSPS) is 11.0. The van der Waals surface area contributed by atoms with E-state index in [0.29, 0.717) is 16.3 Å². The molecule has 0 unspecified atom stereocenters. The number of hydrogen-bond donors (Lipinski definition) is 0. The molecule has 0 saturated heterocycles. The molecule has 5 nitrogen and oxygen atoms in total. The van der Waals surface area contributed by atoms with E-state index >= 15 is 0 Å². The summed E-state index contributed by atoms with van der Waals surface area (Å²) in [5.74, 6) is -0.641. The highest BCUT2D eigenvalue weighted by Gasteiger charge is 2.25. The van der Waals surface area contributed by atoms with Crippen molar-refractivity contribution >= 4 is 23.4 Å². The molecule has 0 aliphatic heterocycles. The number of pyridine rings is 1. The Labute approximate surface area is 145 Å². The van der Waals surface area contributed by atoms with Crippen molar-refractivity contribution in [1.82, 2.24) is 4.98 Å². The van der Waals surface area contributed by atoms with Crippen molar-refractivity contribution in [2.45, 2.75) is 26.4 Å². The van der Waals surface area contributed by atoms with Gasteiger partial charge in [0.25, 0.3) is 0 Å². The predicted octanol–water partition coefficient (Wildman–Crippen LogP) is 3.93. The zero-order chi connectivity index (χ0) is 17.9. The number of hydrogen-bond acceptors (Lipinski definition) is 5. The average Bonchev–Trinajstić information content (AvgIpc) is 2.52. The maximum Gasteiger partial charge on any atom is 0.340 e. The molecule has 0 fully saturated rings. The molecule has 0 radical (unpaired) electrons. The first-order valence-corrected chi connectivity index (χ1v) is 7.66. The van der Waals surface area contributed by atoms with Gasteiger partial charge in [0.15, 0.2) is 5.78 Å². The van der Waals surface area contributed by atoms with Gasteiger partial charge in [-0.2, -0.15) is 0 Å². The van der Waals surface area contributed by atoms with Crippen molar-refractivity contribution in [2.24, 2.45) is 0 Å². The lowest BCUT2D eigenvalue weighted by Gasteiger charge is -2.20. The van der Waals surface area contributed by atoms with Gasteiger partial charge >= 0.3 is 5.97 Å². The Hall–Kier alpha value is -2.40. The van der Waals surface area contributed by atoms with Crippen LogP contribution in [0, 0.1) is 0 Å². The summed E-state index contributed by atoms with van der Waals surface area (Å²) >= 11 is 5.93. The van der Waals surface area contributed by atoms with Crippen molar-refractivity contribution in [1.29, 1.82) is 0 Å². The minimum atomic E-state index is -0.675. The van der Waals surface area contributed by atoms with E-state index in [1.807, 2.05) is 0 Å². The number of carbonyl (C=O) groups excluding carboxylic acids is 2. The highest BCUT2D eigenvalue weighted by Crippen LogP contribution is 2.27. The van der Waals surface area contributed by atoms with E-state index in [9.17, 15) is 9.59 Å². The molecule has 0 N–H and O–H groups in total. The number of carbonyl (C=O) groups is 2. The third-order valence-corrected chi connectivity index (χ3v) is 3.33. The first kappa shape index (κ1) is 17.9. The van der Waals surface area contributed by atoms with E-state index in [-0.39, 0.29) is 16.9 Å². The molecule has 0 bridgehead atoms. The smallest absolute Gasteiger partial charge is 0.340 e. The molecule has 1 aromatic carbocycles. The van der Waals surface area contributed by atoms with Gasteiger partial charge in [0.1, 0.15) is 11.4 Å². The summed E-state index contributed by atoms with van der Waals surface area (Å²) in [6, 6.07) is 6.17. The number of methoxy groups -OCH3 is 1. The fraction of sp³-hybridized carbons (Fsp3) is 0.278. The first-order chi connectivity index (χ1) is 11.2. The van der Waals surface area contributed by atoms with Gasteiger partial charge in [0.2, 0.25) is 0 Å². The van der Waals surface area contributed by atoms with Gasteiger partial charge in [0, 0.05) is 23.0 Å². The van der Waals surface area contributed by atoms with Gasteiger partial charge in [-0.25, -0.2) is 4.79 Å². The van der Waals surface area contributed by atoms with Crippen LogP contribution >= 0.6 is 11.6 Å². The SMILES string of the molecule is COc1cc(Cl)ccc1C(=O)c1ccncc1C(=O)OC(C)(C)C. The number of aromatic nitrogens is 1. The quantitative estimate of drug-likeness (QED) is 0.619. The summed E-state index contributed by atoms with van der Waals surface area (Å²) in [4.78, 5) is 29.2. The van der Waals surface area contributed by atoms with Crippen LogP contribution in [0.4, 0.5) is 0 Å². The third kappa shape index (κ3) is 4.11. The Balaban J connectivity index is 2.46. The lowest BCUT2D eigenvalue weighted by molar-refractivity contribution is 0.00674. The van der Waals surface area contributed by atoms with Crippen LogP contribution < -0.4 is 4.74 Å². The summed E-state index contributed by atoms with van der Waals surface area (Å²) in [5.41, 5.74) is -0.0715. The Bertz CT molecular complexity index is 781. The molecule has 0 amide bonds. The van der Waals surface area contributed by atoms with E-state index in [2.05, 4.69) is 4.98 Å². The number of ether oxygens (including phenoxy) is 2. The summed E-state index contributed by atoms with van der Waals surface area (Å²) in [6.45, 7) is 5.26. The van der Waals surface area contributed by atoms with E-state index < -0.39 is 11.6 Å². The zero-order valence-corrected chi connectivity index (χ0v) is 14.7. The summed E-state index contributed by atoms with van der Waals surface area (Å²) in [6.07, 6.45) is 2.77. The van der Waals surface area contributed by atoms with E-state index in [1.165, 1.54) is 25.6 Å². The average molecular weight is 348 g/mol. The molecular formula is C18H18ClNO4. The molecule has 0 aliphatic rings. The standard InChI is InChI=1S/C18H18ClNO4/c1-18(2,3)24-17(22)14-10-20-8-7-12(14)16(21)13-6-5-11(19)9-15(13)23-4/h5-10H,1-4H3. The largest absolute Gasteiger partial charge is 0.496 e. The number of esters is 1. The molecule has 0 atom stereocenters. The number of benzene rings is 1. The molecule has 0 saturated carbocycles. The Morgan fingerprint density at radius 1 is 1.08 bits per heavy atom. The van der Waals surface area contributed by atoms with Gasteiger partial charge in [-0.05, 0) is 45.0 Å². The van der Waals surface area contributed by atoms with Crippen molar-refractivity contribution in [3.8, 4) is 5.75 Å². The highest BCUT2D eigenvalue weighted by molar-refractivity contribution is 6.31. The molecule has 126 valence electrons. The zero-order valence-electron chi connectivity index (χ0n) is 13.9. The van der Waals surface area contributed by atoms with Gasteiger partial charge in [-0.15, -0.1) is 0 Å². The van der Waals surface area contributed by atoms with Gasteiger partial charge in [0.05, 0.1) is 18.2 Å². The summed E-state index contributed by atoms with van der Waals surface area (Å²) in [5, 5.41) is 0.450. The highest BCUT2D eigenvalue weighted by atomic mass is 35.5. The van der Waals surface area contributed by atoms with Crippen LogP contribution in [0.15, 0.2) is 36.7 Å². The Morgan fingerprint density at radius 2 is 1.79 bits per heavy atom. The maximum absolute atomic E-state index is 12.9. The molecular weight excluding hydrogens is 330 g/mol. The second-order valence-electron chi connectivity index (χ2n) is 6.10. The molecule has 24 heavy (non-hydrogen) atoms. The fourth-order valence-corrected chi connectivity index (χ4v) is 2.25. The van der Waals surface area contributed by atoms with E-state index in [4.69, 9.17) is 21.1 Å². The Kier molecular flexibility index (Phi) is 5.24. The van der Waals surface area contributed by atoms with Crippen molar-refractivity contribution in [3.63, 3.8) is 0 Å². The molecule has 1 aromatic heterocycles. The van der Waals surface area contributed by atoms with Crippen LogP contribution in [-0.4, -0.2) is 29.4 Å². The minimum absolute atomic E-state index is 0.106. The minimum Gasteiger partial charge on any atom is -0.496 e. The van der Waals surface area contributed by atoms with Crippen LogP contribution in [0.25, 0.3) is 0 Å². The van der Waals surface area contributed by atoms with Crippen LogP contribution in [0.2, 0.25) is 5.02 Å². The van der Waals surface area contributed by atoms with Gasteiger partial charge in [-0.3, -0.25) is 9.78 Å². The third-order valence-electron chi connectivity index (χ3n) is 3.09. The second-order valence-corrected chi connectivity index (χ2v) is 6.53. The van der Waals surface area contributed by atoms with Crippen molar-refractivity contribution in [2.75, 3.05) is 7.11 Å². The van der Waals surface area contributed by atoms with Crippen molar-refractivity contribution in [3.05, 3.63) is 58.4 Å². The molecule has 6 heteroatoms. The van der Waals surface area contributed by atoms with Gasteiger partial charge < -0.3 is 9.47 Å². The molecule has 0 spiro atoms. The van der Waals surface area contributed by atoms with Crippen molar-refractivity contribution < 1.29 is 19.1 Å². The lowest BCUT2D eigenvalue weighted by Crippen LogP contribution is -2.25. The van der Waals surface area contributed by atoms with Crippen LogP contribution in [0.3, 0.4) is 0 Å². The predicted molar refractivity (Wildman–Crippen MR) is 90.8 cm³/mol. The van der Waals surface area contributed by atoms with Crippen LogP contribution in [0.1, 0.15) is 47.1 Å². The monoisotopic (exact) mass is 347 g/mol. The summed E-state index contributed by atoms with van der Waals surface area (Å²) in [7, 11) is 1.45. The molecule has 2 aromatic rings. The molecule has 2 rings (SSSR count). The van der Waals surface area contributed by atoms with Crippen LogP contribution in [-0.2, 0) is 4.74 Å². The second kappa shape index (κ2) is 7.01. The number of rotatable bonds is 4. The van der Waals surface area contributed by atoms with Crippen LogP contribution in [0.5, 0.6) is 5.75 Å². The van der Waals surface area contributed by atoms with E-state index in [1.54, 1.807) is 39.0 Å². The maximum atomic E-state index is 12.9. The fourth-order valence-electron chi connectivity index (χ4n) is 2.09. The number of halogens is 1. The topological polar surface area (TPSA) is 65.5 Å². The molecule has 1 heterocycles. The van der Waals surface area contributed by atoms with E-state index in [0.717, 1.165) is 0 Å². The summed E-state index contributed by atoms with van der Waals surface area (Å²) < 4.78 is 10.6. The molecule has 0 aliphatic carbocycles. The number of nitrogens with zero attached hydrogens (tertiary/aromatic N) is 1. The van der Waals surface area contributed by atoms with Gasteiger partial charge in [-0.1, -0.05) is 11.6 Å².